The highest BCUT2D eigenvalue weighted by Gasteiger charge is 2.27. The van der Waals surface area contributed by atoms with E-state index in [0.29, 0.717) is 36.5 Å². The monoisotopic (exact) mass is 378 g/mol. The number of fused-ring (bicyclic) bond motifs is 3. The number of carbonyl (C=O) groups is 1. The fourth-order valence-corrected chi connectivity index (χ4v) is 4.26. The van der Waals surface area contributed by atoms with E-state index >= 15 is 0 Å². The lowest BCUT2D eigenvalue weighted by atomic mass is 9.97. The van der Waals surface area contributed by atoms with Gasteiger partial charge in [-0.25, -0.2) is 9.50 Å². The van der Waals surface area contributed by atoms with E-state index < -0.39 is 0 Å². The smallest absolute Gasteiger partial charge is 0.260 e. The first-order valence-corrected chi connectivity index (χ1v) is 9.79. The van der Waals surface area contributed by atoms with Crippen molar-refractivity contribution >= 4 is 17.2 Å². The highest BCUT2D eigenvalue weighted by molar-refractivity contribution is 5.93. The van der Waals surface area contributed by atoms with Gasteiger partial charge in [-0.2, -0.15) is 9.83 Å². The van der Waals surface area contributed by atoms with Gasteiger partial charge in [0.2, 0.25) is 0 Å². The summed E-state index contributed by atoms with van der Waals surface area (Å²) in [4.78, 5) is 21.4. The predicted molar refractivity (Wildman–Crippen MR) is 103 cm³/mol. The van der Waals surface area contributed by atoms with E-state index in [2.05, 4.69) is 9.88 Å². The molecule has 1 aliphatic carbocycles. The summed E-state index contributed by atoms with van der Waals surface area (Å²) in [5.74, 6) is 0.861. The Morgan fingerprint density at radius 3 is 2.79 bits per heavy atom. The first-order valence-electron chi connectivity index (χ1n) is 9.79. The fraction of sp³-hybridized carbons (Fsp3) is 0.400. The van der Waals surface area contributed by atoms with E-state index in [1.807, 2.05) is 10.7 Å². The zero-order chi connectivity index (χ0) is 19.1. The van der Waals surface area contributed by atoms with Gasteiger partial charge in [0.05, 0.1) is 5.69 Å². The molecule has 0 bridgehead atoms. The van der Waals surface area contributed by atoms with Crippen molar-refractivity contribution in [3.63, 3.8) is 0 Å². The number of carbonyl (C=O) groups excluding carboxylic acids is 1. The van der Waals surface area contributed by atoms with E-state index in [0.717, 1.165) is 24.2 Å². The van der Waals surface area contributed by atoms with Gasteiger partial charge in [-0.1, -0.05) is 0 Å². The number of aryl methyl sites for hydroxylation is 2. The number of hydrogen-bond acceptors (Lipinski definition) is 5. The molecule has 3 aromatic heterocycles. The minimum Gasteiger partial charge on any atom is -0.619 e. The van der Waals surface area contributed by atoms with Gasteiger partial charge in [0.15, 0.2) is 18.2 Å². The standard InChI is InChI=1S/C20H22N6O2/c27-20(15-4-3-8-25(28)14-15)24-12-10-23(11-13-24)19-18-16-5-1-2-6-17(16)22-26(18)9-7-21-19/h3-4,7-9,14H,1-2,5-6,10-13H2. The van der Waals surface area contributed by atoms with Crippen molar-refractivity contribution in [2.24, 2.45) is 0 Å². The molecule has 0 atom stereocenters. The third-order valence-electron chi connectivity index (χ3n) is 5.69. The molecule has 1 aliphatic heterocycles. The first kappa shape index (κ1) is 17.0. The largest absolute Gasteiger partial charge is 0.619 e. The Labute approximate surface area is 162 Å². The number of pyridine rings is 1. The number of rotatable bonds is 2. The third-order valence-corrected chi connectivity index (χ3v) is 5.69. The minimum absolute atomic E-state index is 0.0993. The number of nitrogens with zero attached hydrogens (tertiary/aromatic N) is 6. The fourth-order valence-electron chi connectivity index (χ4n) is 4.26. The number of aromatic nitrogens is 4. The van der Waals surface area contributed by atoms with Gasteiger partial charge in [-0.05, 0) is 31.7 Å². The van der Waals surface area contributed by atoms with Crippen LogP contribution >= 0.6 is 0 Å². The molecule has 0 aromatic carbocycles. The minimum atomic E-state index is -0.0993. The van der Waals surface area contributed by atoms with Gasteiger partial charge in [0.25, 0.3) is 5.91 Å². The van der Waals surface area contributed by atoms with Gasteiger partial charge in [0.1, 0.15) is 11.1 Å². The molecule has 144 valence electrons. The van der Waals surface area contributed by atoms with Gasteiger partial charge in [0, 0.05) is 50.2 Å². The summed E-state index contributed by atoms with van der Waals surface area (Å²) in [6.45, 7) is 2.63. The van der Waals surface area contributed by atoms with Gasteiger partial charge in [-0.15, -0.1) is 0 Å². The van der Waals surface area contributed by atoms with Crippen LogP contribution in [0.5, 0.6) is 0 Å². The Balaban J connectivity index is 1.37. The molecule has 4 heterocycles. The van der Waals surface area contributed by atoms with Crippen molar-refractivity contribution in [2.75, 3.05) is 31.1 Å². The van der Waals surface area contributed by atoms with Crippen LogP contribution in [0.4, 0.5) is 5.82 Å². The highest BCUT2D eigenvalue weighted by Crippen LogP contribution is 2.30. The number of anilines is 1. The molecule has 1 fully saturated rings. The van der Waals surface area contributed by atoms with Crippen molar-refractivity contribution in [1.29, 1.82) is 0 Å². The molecule has 28 heavy (non-hydrogen) atoms. The molecular weight excluding hydrogens is 356 g/mol. The van der Waals surface area contributed by atoms with Crippen LogP contribution in [-0.2, 0) is 12.8 Å². The first-order chi connectivity index (χ1) is 13.7. The Bertz CT molecular complexity index is 1040. The molecule has 2 aliphatic rings. The van der Waals surface area contributed by atoms with Crippen LogP contribution in [-0.4, -0.2) is 51.6 Å². The van der Waals surface area contributed by atoms with E-state index in [-0.39, 0.29) is 5.91 Å². The molecule has 0 N–H and O–H groups in total. The van der Waals surface area contributed by atoms with E-state index in [4.69, 9.17) is 5.10 Å². The second-order valence-electron chi connectivity index (χ2n) is 7.41. The molecule has 5 rings (SSSR count). The quantitative estimate of drug-likeness (QED) is 0.495. The third kappa shape index (κ3) is 2.85. The lowest BCUT2D eigenvalue weighted by molar-refractivity contribution is -0.605. The Morgan fingerprint density at radius 2 is 1.96 bits per heavy atom. The second-order valence-corrected chi connectivity index (χ2v) is 7.41. The normalized spacial score (nSPS) is 17.0. The number of amides is 1. The van der Waals surface area contributed by atoms with Crippen LogP contribution in [0.1, 0.15) is 34.5 Å². The van der Waals surface area contributed by atoms with E-state index in [1.165, 1.54) is 36.5 Å². The Morgan fingerprint density at radius 1 is 1.14 bits per heavy atom. The van der Waals surface area contributed by atoms with Crippen LogP contribution in [0.25, 0.3) is 5.52 Å². The number of piperazine rings is 1. The number of hydrogen-bond donors (Lipinski definition) is 0. The maximum Gasteiger partial charge on any atom is 0.260 e. The van der Waals surface area contributed by atoms with Crippen LogP contribution in [0.3, 0.4) is 0 Å². The maximum atomic E-state index is 12.7. The van der Waals surface area contributed by atoms with Crippen LogP contribution in [0.15, 0.2) is 36.9 Å². The molecular formula is C20H22N6O2. The van der Waals surface area contributed by atoms with E-state index in [9.17, 15) is 10.0 Å². The van der Waals surface area contributed by atoms with Crippen molar-refractivity contribution in [3.8, 4) is 0 Å². The zero-order valence-corrected chi connectivity index (χ0v) is 15.6. The average Bonchev–Trinajstić information content (AvgIpc) is 3.12. The van der Waals surface area contributed by atoms with Gasteiger partial charge >= 0.3 is 0 Å². The molecule has 0 radical (unpaired) electrons. The molecule has 0 spiro atoms. The van der Waals surface area contributed by atoms with Crippen molar-refractivity contribution < 1.29 is 9.52 Å². The average molecular weight is 378 g/mol. The summed E-state index contributed by atoms with van der Waals surface area (Å²) in [5, 5.41) is 16.2. The van der Waals surface area contributed by atoms with Crippen molar-refractivity contribution in [1.82, 2.24) is 19.5 Å². The zero-order valence-electron chi connectivity index (χ0n) is 15.6. The summed E-state index contributed by atoms with van der Waals surface area (Å²) in [6.07, 6.45) is 10.9. The lowest BCUT2D eigenvalue weighted by Crippen LogP contribution is -2.49. The molecule has 1 saturated heterocycles. The summed E-state index contributed by atoms with van der Waals surface area (Å²) < 4.78 is 2.63. The van der Waals surface area contributed by atoms with Gasteiger partial charge < -0.3 is 15.0 Å². The summed E-state index contributed by atoms with van der Waals surface area (Å²) in [6, 6.07) is 3.29. The lowest BCUT2D eigenvalue weighted by Gasteiger charge is -2.35. The van der Waals surface area contributed by atoms with Gasteiger partial charge in [-0.3, -0.25) is 4.79 Å². The molecule has 3 aromatic rings. The van der Waals surface area contributed by atoms with Crippen LogP contribution in [0, 0.1) is 5.21 Å². The summed E-state index contributed by atoms with van der Waals surface area (Å²) in [7, 11) is 0. The molecule has 0 saturated carbocycles. The van der Waals surface area contributed by atoms with Crippen molar-refractivity contribution in [3.05, 3.63) is 58.9 Å². The molecule has 0 unspecified atom stereocenters. The maximum absolute atomic E-state index is 12.7. The SMILES string of the molecule is O=C(c1ccc[n+]([O-])c1)N1CCN(c2nccn3nc4c(c23)CCCC4)CC1. The molecule has 8 heteroatoms. The molecule has 1 amide bonds. The van der Waals surface area contributed by atoms with Crippen LogP contribution in [0.2, 0.25) is 0 Å². The predicted octanol–water partition coefficient (Wildman–Crippen LogP) is 1.20. The Hall–Kier alpha value is -3.16. The van der Waals surface area contributed by atoms with E-state index in [1.54, 1.807) is 23.2 Å². The summed E-state index contributed by atoms with van der Waals surface area (Å²) in [5.41, 5.74) is 4.07. The van der Waals surface area contributed by atoms with Crippen LogP contribution < -0.4 is 9.63 Å². The van der Waals surface area contributed by atoms with Crippen molar-refractivity contribution in [2.45, 2.75) is 25.7 Å². The summed E-state index contributed by atoms with van der Waals surface area (Å²) >= 11 is 0. The highest BCUT2D eigenvalue weighted by atomic mass is 16.5. The topological polar surface area (TPSA) is 80.7 Å². The molecule has 8 nitrogen and oxygen atoms in total. The second kappa shape index (κ2) is 6.78. The Kier molecular flexibility index (Phi) is 4.11.